The van der Waals surface area contributed by atoms with E-state index in [1.807, 2.05) is 19.1 Å². The van der Waals surface area contributed by atoms with Crippen molar-refractivity contribution in [2.75, 3.05) is 0 Å². The summed E-state index contributed by atoms with van der Waals surface area (Å²) in [7, 11) is 0. The number of aryl methyl sites for hydroxylation is 1. The molecular formula is C11H13F3O. The van der Waals surface area contributed by atoms with Crippen LogP contribution < -0.4 is 0 Å². The highest BCUT2D eigenvalue weighted by Gasteiger charge is 2.30. The molecule has 1 aromatic rings. The lowest BCUT2D eigenvalue weighted by Gasteiger charge is -2.13. The van der Waals surface area contributed by atoms with Gasteiger partial charge in [-0.2, -0.15) is 13.2 Å². The Balaban J connectivity index is 2.51. The predicted molar refractivity (Wildman–Crippen MR) is 51.6 cm³/mol. The first kappa shape index (κ1) is 12.0. The van der Waals surface area contributed by atoms with Crippen molar-refractivity contribution in [2.24, 2.45) is 0 Å². The largest absolute Gasteiger partial charge is 0.392 e. The summed E-state index contributed by atoms with van der Waals surface area (Å²) in [5, 5.41) is 9.19. The fraction of sp³-hybridized carbons (Fsp3) is 0.455. The van der Waals surface area contributed by atoms with E-state index in [1.54, 1.807) is 12.1 Å². The van der Waals surface area contributed by atoms with Gasteiger partial charge in [-0.3, -0.25) is 0 Å². The number of hydrogen-bond acceptors (Lipinski definition) is 1. The van der Waals surface area contributed by atoms with Gasteiger partial charge >= 0.3 is 6.18 Å². The molecule has 0 heterocycles. The van der Waals surface area contributed by atoms with Crippen LogP contribution in [-0.4, -0.2) is 17.4 Å². The van der Waals surface area contributed by atoms with Gasteiger partial charge in [0.05, 0.1) is 12.5 Å². The molecule has 0 fully saturated rings. The average Bonchev–Trinajstić information content (AvgIpc) is 2.05. The number of rotatable bonds is 3. The first-order valence-electron chi connectivity index (χ1n) is 4.67. The van der Waals surface area contributed by atoms with Crippen LogP contribution in [0.1, 0.15) is 17.5 Å². The van der Waals surface area contributed by atoms with Gasteiger partial charge in [0, 0.05) is 0 Å². The fourth-order valence-electron chi connectivity index (χ4n) is 1.34. The Bertz CT molecular complexity index is 303. The highest BCUT2D eigenvalue weighted by atomic mass is 19.4. The van der Waals surface area contributed by atoms with E-state index in [4.69, 9.17) is 0 Å². The van der Waals surface area contributed by atoms with Crippen molar-refractivity contribution in [1.82, 2.24) is 0 Å². The van der Waals surface area contributed by atoms with Crippen molar-refractivity contribution < 1.29 is 18.3 Å². The molecule has 0 saturated carbocycles. The lowest BCUT2D eigenvalue weighted by Crippen LogP contribution is -2.21. The van der Waals surface area contributed by atoms with Crippen molar-refractivity contribution in [3.63, 3.8) is 0 Å². The van der Waals surface area contributed by atoms with Crippen LogP contribution in [0.15, 0.2) is 24.3 Å². The van der Waals surface area contributed by atoms with E-state index in [0.717, 1.165) is 11.1 Å². The maximum atomic E-state index is 11.9. The van der Waals surface area contributed by atoms with Crippen molar-refractivity contribution >= 4 is 0 Å². The van der Waals surface area contributed by atoms with E-state index in [-0.39, 0.29) is 6.42 Å². The third-order valence-electron chi connectivity index (χ3n) is 2.06. The molecule has 84 valence electrons. The lowest BCUT2D eigenvalue weighted by molar-refractivity contribution is -0.153. The minimum absolute atomic E-state index is 0.0415. The number of aliphatic hydroxyl groups is 1. The molecule has 0 aromatic heterocycles. The summed E-state index contributed by atoms with van der Waals surface area (Å²) in [6, 6.07) is 7.09. The second kappa shape index (κ2) is 4.66. The molecule has 1 atom stereocenters. The zero-order valence-electron chi connectivity index (χ0n) is 8.38. The summed E-state index contributed by atoms with van der Waals surface area (Å²) >= 11 is 0. The molecule has 0 bridgehead atoms. The Kier molecular flexibility index (Phi) is 3.74. The highest BCUT2D eigenvalue weighted by Crippen LogP contribution is 2.23. The van der Waals surface area contributed by atoms with Gasteiger partial charge in [0.2, 0.25) is 0 Å². The van der Waals surface area contributed by atoms with E-state index in [2.05, 4.69) is 0 Å². The van der Waals surface area contributed by atoms with E-state index in [0.29, 0.717) is 0 Å². The molecule has 0 aliphatic rings. The molecule has 1 N–H and O–H groups in total. The van der Waals surface area contributed by atoms with Crippen LogP contribution in [0.3, 0.4) is 0 Å². The number of aliphatic hydroxyl groups excluding tert-OH is 1. The summed E-state index contributed by atoms with van der Waals surface area (Å²) in [5.74, 6) is 0. The molecule has 1 rings (SSSR count). The SMILES string of the molecule is Cc1ccc(CC(O)CC(F)(F)F)cc1. The molecule has 0 radical (unpaired) electrons. The molecule has 0 aliphatic carbocycles. The molecular weight excluding hydrogens is 205 g/mol. The minimum Gasteiger partial charge on any atom is -0.392 e. The molecule has 4 heteroatoms. The summed E-state index contributed by atoms with van der Waals surface area (Å²) in [6.07, 6.45) is -6.77. The minimum atomic E-state index is -4.30. The zero-order chi connectivity index (χ0) is 11.5. The van der Waals surface area contributed by atoms with Gasteiger partial charge in [0.15, 0.2) is 0 Å². The maximum Gasteiger partial charge on any atom is 0.391 e. The number of benzene rings is 1. The number of alkyl halides is 3. The smallest absolute Gasteiger partial charge is 0.391 e. The van der Waals surface area contributed by atoms with Crippen LogP contribution >= 0.6 is 0 Å². The molecule has 0 spiro atoms. The Morgan fingerprint density at radius 3 is 2.20 bits per heavy atom. The molecule has 0 saturated heterocycles. The Morgan fingerprint density at radius 2 is 1.73 bits per heavy atom. The van der Waals surface area contributed by atoms with E-state index in [1.165, 1.54) is 0 Å². The van der Waals surface area contributed by atoms with Crippen LogP contribution in [0.2, 0.25) is 0 Å². The van der Waals surface area contributed by atoms with Gasteiger partial charge in [0.1, 0.15) is 0 Å². The normalized spacial score (nSPS) is 13.9. The molecule has 0 aliphatic heterocycles. The van der Waals surface area contributed by atoms with Gasteiger partial charge in [-0.25, -0.2) is 0 Å². The Morgan fingerprint density at radius 1 is 1.20 bits per heavy atom. The first-order valence-corrected chi connectivity index (χ1v) is 4.67. The second-order valence-corrected chi connectivity index (χ2v) is 3.66. The topological polar surface area (TPSA) is 20.2 Å². The quantitative estimate of drug-likeness (QED) is 0.827. The summed E-state index contributed by atoms with van der Waals surface area (Å²) in [5.41, 5.74) is 1.77. The van der Waals surface area contributed by atoms with Crippen molar-refractivity contribution in [2.45, 2.75) is 32.0 Å². The Hall–Kier alpha value is -1.03. The monoisotopic (exact) mass is 218 g/mol. The van der Waals surface area contributed by atoms with Gasteiger partial charge in [-0.1, -0.05) is 29.8 Å². The van der Waals surface area contributed by atoms with Gasteiger partial charge in [0.25, 0.3) is 0 Å². The molecule has 1 aromatic carbocycles. The fourth-order valence-corrected chi connectivity index (χ4v) is 1.34. The molecule has 1 nitrogen and oxygen atoms in total. The van der Waals surface area contributed by atoms with Crippen LogP contribution in [0.25, 0.3) is 0 Å². The van der Waals surface area contributed by atoms with E-state index < -0.39 is 18.7 Å². The number of halogens is 3. The second-order valence-electron chi connectivity index (χ2n) is 3.66. The summed E-state index contributed by atoms with van der Waals surface area (Å²) < 4.78 is 35.7. The third kappa shape index (κ3) is 4.83. The number of hydrogen-bond donors (Lipinski definition) is 1. The zero-order valence-corrected chi connectivity index (χ0v) is 8.38. The lowest BCUT2D eigenvalue weighted by atomic mass is 10.0. The average molecular weight is 218 g/mol. The maximum absolute atomic E-state index is 11.9. The molecule has 15 heavy (non-hydrogen) atoms. The Labute approximate surface area is 86.5 Å². The van der Waals surface area contributed by atoms with Crippen molar-refractivity contribution in [3.05, 3.63) is 35.4 Å². The van der Waals surface area contributed by atoms with Crippen LogP contribution in [0.4, 0.5) is 13.2 Å². The van der Waals surface area contributed by atoms with Crippen molar-refractivity contribution in [1.29, 1.82) is 0 Å². The predicted octanol–water partition coefficient (Wildman–Crippen LogP) is 2.85. The van der Waals surface area contributed by atoms with Crippen molar-refractivity contribution in [3.8, 4) is 0 Å². The van der Waals surface area contributed by atoms with Crippen LogP contribution in [0.5, 0.6) is 0 Å². The third-order valence-corrected chi connectivity index (χ3v) is 2.06. The molecule has 0 amide bonds. The summed E-state index contributed by atoms with van der Waals surface area (Å²) in [4.78, 5) is 0. The van der Waals surface area contributed by atoms with Gasteiger partial charge in [-0.05, 0) is 18.9 Å². The van der Waals surface area contributed by atoms with Crippen LogP contribution in [-0.2, 0) is 6.42 Å². The molecule has 1 unspecified atom stereocenters. The van der Waals surface area contributed by atoms with Gasteiger partial charge < -0.3 is 5.11 Å². The first-order chi connectivity index (χ1) is 6.87. The van der Waals surface area contributed by atoms with E-state index >= 15 is 0 Å². The highest BCUT2D eigenvalue weighted by molar-refractivity contribution is 5.21. The van der Waals surface area contributed by atoms with Crippen LogP contribution in [0, 0.1) is 6.92 Å². The van der Waals surface area contributed by atoms with E-state index in [9.17, 15) is 18.3 Å². The summed E-state index contributed by atoms with van der Waals surface area (Å²) in [6.45, 7) is 1.90. The van der Waals surface area contributed by atoms with Gasteiger partial charge in [-0.15, -0.1) is 0 Å². The standard InChI is InChI=1S/C11H13F3O/c1-8-2-4-9(5-3-8)6-10(15)7-11(12,13)14/h2-5,10,15H,6-7H2,1H3.